The highest BCUT2D eigenvalue weighted by atomic mass is 16.5. The van der Waals surface area contributed by atoms with Crippen molar-refractivity contribution in [3.63, 3.8) is 0 Å². The average molecular weight is 243 g/mol. The molecule has 0 aliphatic rings. The lowest BCUT2D eigenvalue weighted by molar-refractivity contribution is 0.188. The Morgan fingerprint density at radius 3 is 2.35 bits per heavy atom. The summed E-state index contributed by atoms with van der Waals surface area (Å²) in [5, 5.41) is 3.50. The summed E-state index contributed by atoms with van der Waals surface area (Å²) in [5.74, 6) is 0. The highest BCUT2D eigenvalue weighted by Gasteiger charge is 2.20. The van der Waals surface area contributed by atoms with E-state index in [-0.39, 0.29) is 0 Å². The maximum atomic E-state index is 5.05. The summed E-state index contributed by atoms with van der Waals surface area (Å²) in [6.45, 7) is 9.91. The largest absolute Gasteiger partial charge is 0.383 e. The first kappa shape index (κ1) is 16.9. The number of rotatable bonds is 12. The van der Waals surface area contributed by atoms with Crippen LogP contribution >= 0.6 is 0 Å². The quantitative estimate of drug-likeness (QED) is 0.523. The molecule has 0 aliphatic carbocycles. The van der Waals surface area contributed by atoms with Gasteiger partial charge >= 0.3 is 0 Å². The van der Waals surface area contributed by atoms with Gasteiger partial charge in [0.15, 0.2) is 0 Å². The van der Waals surface area contributed by atoms with Crippen molar-refractivity contribution in [2.45, 2.75) is 65.7 Å². The maximum Gasteiger partial charge on any atom is 0.0587 e. The monoisotopic (exact) mass is 243 g/mol. The predicted molar refractivity (Wildman–Crippen MR) is 76.5 cm³/mol. The van der Waals surface area contributed by atoms with Crippen LogP contribution in [0.2, 0.25) is 0 Å². The molecule has 0 rings (SSSR count). The Balaban J connectivity index is 3.61. The summed E-state index contributed by atoms with van der Waals surface area (Å²) in [6, 6.07) is 0. The molecule has 0 aromatic rings. The molecule has 17 heavy (non-hydrogen) atoms. The molecule has 0 aromatic heterocycles. The van der Waals surface area contributed by atoms with E-state index in [0.29, 0.717) is 5.41 Å². The third kappa shape index (κ3) is 9.61. The van der Waals surface area contributed by atoms with Gasteiger partial charge in [-0.3, -0.25) is 0 Å². The van der Waals surface area contributed by atoms with Crippen LogP contribution in [0.1, 0.15) is 65.7 Å². The molecule has 104 valence electrons. The van der Waals surface area contributed by atoms with Crippen LogP contribution in [0.4, 0.5) is 0 Å². The van der Waals surface area contributed by atoms with Crippen molar-refractivity contribution < 1.29 is 4.74 Å². The Labute approximate surface area is 109 Å². The Kier molecular flexibility index (Phi) is 11.0. The SMILES string of the molecule is CCCCCCCC(C)(CC)CNCCOC. The van der Waals surface area contributed by atoms with Crippen molar-refractivity contribution >= 4 is 0 Å². The summed E-state index contributed by atoms with van der Waals surface area (Å²) in [4.78, 5) is 0. The van der Waals surface area contributed by atoms with E-state index in [1.807, 2.05) is 0 Å². The second-order valence-corrected chi connectivity index (χ2v) is 5.50. The molecule has 0 spiro atoms. The first-order chi connectivity index (χ1) is 8.18. The maximum absolute atomic E-state index is 5.05. The van der Waals surface area contributed by atoms with Gasteiger partial charge in [-0.15, -0.1) is 0 Å². The van der Waals surface area contributed by atoms with Gasteiger partial charge < -0.3 is 10.1 Å². The minimum atomic E-state index is 0.472. The standard InChI is InChI=1S/C15H33NO/c1-5-7-8-9-10-11-15(3,6-2)14-16-12-13-17-4/h16H,5-14H2,1-4H3. The number of methoxy groups -OCH3 is 1. The summed E-state index contributed by atoms with van der Waals surface area (Å²) < 4.78 is 5.05. The smallest absolute Gasteiger partial charge is 0.0587 e. The Hall–Kier alpha value is -0.0800. The highest BCUT2D eigenvalue weighted by Crippen LogP contribution is 2.27. The van der Waals surface area contributed by atoms with Crippen molar-refractivity contribution in [3.8, 4) is 0 Å². The lowest BCUT2D eigenvalue weighted by atomic mass is 9.82. The van der Waals surface area contributed by atoms with Crippen LogP contribution in [0.25, 0.3) is 0 Å². The molecular weight excluding hydrogens is 210 g/mol. The van der Waals surface area contributed by atoms with Gasteiger partial charge in [0, 0.05) is 20.2 Å². The lowest BCUT2D eigenvalue weighted by Gasteiger charge is -2.28. The van der Waals surface area contributed by atoms with Gasteiger partial charge in [0.2, 0.25) is 0 Å². The van der Waals surface area contributed by atoms with E-state index in [9.17, 15) is 0 Å². The molecule has 2 nitrogen and oxygen atoms in total. The van der Waals surface area contributed by atoms with Gasteiger partial charge in [-0.2, -0.15) is 0 Å². The summed E-state index contributed by atoms with van der Waals surface area (Å²) in [5.41, 5.74) is 0.472. The van der Waals surface area contributed by atoms with Crippen LogP contribution < -0.4 is 5.32 Å². The second-order valence-electron chi connectivity index (χ2n) is 5.50. The van der Waals surface area contributed by atoms with Crippen LogP contribution in [0.15, 0.2) is 0 Å². The second kappa shape index (κ2) is 11.0. The molecule has 1 atom stereocenters. The number of unbranched alkanes of at least 4 members (excludes halogenated alkanes) is 4. The van der Waals surface area contributed by atoms with E-state index in [1.165, 1.54) is 44.9 Å². The number of nitrogens with one attached hydrogen (secondary N) is 1. The molecule has 0 heterocycles. The zero-order chi connectivity index (χ0) is 13.0. The van der Waals surface area contributed by atoms with Crippen molar-refractivity contribution in [2.75, 3.05) is 26.8 Å². The Bertz CT molecular complexity index is 161. The molecule has 0 aromatic carbocycles. The molecule has 0 saturated carbocycles. The van der Waals surface area contributed by atoms with E-state index in [1.54, 1.807) is 7.11 Å². The normalized spacial score (nSPS) is 14.8. The molecule has 0 fully saturated rings. The average Bonchev–Trinajstić information content (AvgIpc) is 2.34. The molecule has 0 saturated heterocycles. The van der Waals surface area contributed by atoms with Crippen LogP contribution in [0.3, 0.4) is 0 Å². The number of hydrogen-bond donors (Lipinski definition) is 1. The fourth-order valence-corrected chi connectivity index (χ4v) is 2.11. The Morgan fingerprint density at radius 2 is 1.76 bits per heavy atom. The van der Waals surface area contributed by atoms with E-state index < -0.39 is 0 Å². The topological polar surface area (TPSA) is 21.3 Å². The Morgan fingerprint density at radius 1 is 1.06 bits per heavy atom. The zero-order valence-corrected chi connectivity index (χ0v) is 12.5. The summed E-state index contributed by atoms with van der Waals surface area (Å²) in [6.07, 6.45) is 9.55. The van der Waals surface area contributed by atoms with Crippen LogP contribution in [-0.4, -0.2) is 26.8 Å². The first-order valence-electron chi connectivity index (χ1n) is 7.38. The van der Waals surface area contributed by atoms with E-state index in [0.717, 1.165) is 19.7 Å². The zero-order valence-electron chi connectivity index (χ0n) is 12.5. The van der Waals surface area contributed by atoms with Crippen molar-refractivity contribution in [1.82, 2.24) is 5.32 Å². The van der Waals surface area contributed by atoms with Gasteiger partial charge in [-0.1, -0.05) is 52.9 Å². The van der Waals surface area contributed by atoms with Gasteiger partial charge in [-0.25, -0.2) is 0 Å². The third-order valence-corrected chi connectivity index (χ3v) is 3.77. The highest BCUT2D eigenvalue weighted by molar-refractivity contribution is 4.75. The fourth-order valence-electron chi connectivity index (χ4n) is 2.11. The predicted octanol–water partition coefficient (Wildman–Crippen LogP) is 4.00. The molecule has 0 aliphatic heterocycles. The van der Waals surface area contributed by atoms with Crippen molar-refractivity contribution in [2.24, 2.45) is 5.41 Å². The summed E-state index contributed by atoms with van der Waals surface area (Å²) >= 11 is 0. The lowest BCUT2D eigenvalue weighted by Crippen LogP contribution is -2.33. The van der Waals surface area contributed by atoms with Gasteiger partial charge in [0.1, 0.15) is 0 Å². The van der Waals surface area contributed by atoms with Gasteiger partial charge in [0.25, 0.3) is 0 Å². The molecule has 0 bridgehead atoms. The minimum absolute atomic E-state index is 0.472. The van der Waals surface area contributed by atoms with E-state index in [2.05, 4.69) is 26.1 Å². The molecule has 0 amide bonds. The molecule has 1 N–H and O–H groups in total. The first-order valence-corrected chi connectivity index (χ1v) is 7.38. The molecule has 2 heteroatoms. The van der Waals surface area contributed by atoms with Crippen LogP contribution in [-0.2, 0) is 4.74 Å². The third-order valence-electron chi connectivity index (χ3n) is 3.77. The van der Waals surface area contributed by atoms with Crippen LogP contribution in [0, 0.1) is 5.41 Å². The summed E-state index contributed by atoms with van der Waals surface area (Å²) in [7, 11) is 1.76. The van der Waals surface area contributed by atoms with Crippen LogP contribution in [0.5, 0.6) is 0 Å². The minimum Gasteiger partial charge on any atom is -0.383 e. The number of hydrogen-bond acceptors (Lipinski definition) is 2. The van der Waals surface area contributed by atoms with Gasteiger partial charge in [-0.05, 0) is 18.3 Å². The van der Waals surface area contributed by atoms with E-state index in [4.69, 9.17) is 4.74 Å². The molecular formula is C15H33NO. The molecule has 1 unspecified atom stereocenters. The van der Waals surface area contributed by atoms with Crippen molar-refractivity contribution in [3.05, 3.63) is 0 Å². The number of ether oxygens (including phenoxy) is 1. The van der Waals surface area contributed by atoms with Gasteiger partial charge in [0.05, 0.1) is 6.61 Å². The molecule has 0 radical (unpaired) electrons. The van der Waals surface area contributed by atoms with Crippen molar-refractivity contribution in [1.29, 1.82) is 0 Å². The van der Waals surface area contributed by atoms with E-state index >= 15 is 0 Å². The fraction of sp³-hybridized carbons (Fsp3) is 1.00.